The number of aryl methyl sites for hydroxylation is 1. The fraction of sp³-hybridized carbons (Fsp3) is 0.600. The predicted octanol–water partition coefficient (Wildman–Crippen LogP) is 2.33. The maximum Gasteiger partial charge on any atom is 0.0750 e. The molecule has 0 aromatic heterocycles. The molecule has 18 heavy (non-hydrogen) atoms. The van der Waals surface area contributed by atoms with Gasteiger partial charge in [0, 0.05) is 25.9 Å². The van der Waals surface area contributed by atoms with Crippen molar-refractivity contribution in [2.24, 2.45) is 0 Å². The Morgan fingerprint density at radius 3 is 2.78 bits per heavy atom. The first-order valence-electron chi connectivity index (χ1n) is 6.72. The Bertz CT molecular complexity index is 405. The topological polar surface area (TPSA) is 24.5 Å². The van der Waals surface area contributed by atoms with Crippen LogP contribution in [0.15, 0.2) is 18.2 Å². The molecule has 1 N–H and O–H groups in total. The molecule has 1 aromatic rings. The number of hydrogen-bond acceptors (Lipinski definition) is 3. The summed E-state index contributed by atoms with van der Waals surface area (Å²) in [6, 6.07) is 7.20. The van der Waals surface area contributed by atoms with E-state index in [1.165, 1.54) is 16.8 Å². The molecular weight excluding hydrogens is 224 g/mol. The Balaban J connectivity index is 2.17. The molecule has 3 heteroatoms. The highest BCUT2D eigenvalue weighted by atomic mass is 16.5. The Labute approximate surface area is 110 Å². The standard InChI is InChI=1S/C15H24N2O/c1-11-9-13(10-16-3)5-6-14(11)17(4)15-7-8-18-12(15)2/h5-6,9,12,15-16H,7-8,10H2,1-4H3. The molecule has 1 saturated heterocycles. The summed E-state index contributed by atoms with van der Waals surface area (Å²) in [5.41, 5.74) is 3.99. The van der Waals surface area contributed by atoms with Crippen LogP contribution >= 0.6 is 0 Å². The summed E-state index contributed by atoms with van der Waals surface area (Å²) < 4.78 is 5.66. The number of rotatable bonds is 4. The van der Waals surface area contributed by atoms with Crippen molar-refractivity contribution in [3.05, 3.63) is 29.3 Å². The van der Waals surface area contributed by atoms with E-state index in [-0.39, 0.29) is 0 Å². The van der Waals surface area contributed by atoms with Crippen molar-refractivity contribution in [1.29, 1.82) is 0 Å². The van der Waals surface area contributed by atoms with Gasteiger partial charge in [-0.15, -0.1) is 0 Å². The normalized spacial score (nSPS) is 23.3. The lowest BCUT2D eigenvalue weighted by atomic mass is 10.1. The molecule has 100 valence electrons. The first kappa shape index (κ1) is 13.4. The maximum atomic E-state index is 5.66. The fourth-order valence-electron chi connectivity index (χ4n) is 2.84. The third-order valence-electron chi connectivity index (χ3n) is 3.86. The van der Waals surface area contributed by atoms with Gasteiger partial charge in [-0.3, -0.25) is 0 Å². The van der Waals surface area contributed by atoms with Gasteiger partial charge < -0.3 is 15.0 Å². The average Bonchev–Trinajstić information content (AvgIpc) is 2.75. The van der Waals surface area contributed by atoms with Crippen LogP contribution in [0.25, 0.3) is 0 Å². The first-order valence-corrected chi connectivity index (χ1v) is 6.72. The Kier molecular flexibility index (Phi) is 4.25. The van der Waals surface area contributed by atoms with E-state index in [4.69, 9.17) is 4.74 Å². The summed E-state index contributed by atoms with van der Waals surface area (Å²) in [6.07, 6.45) is 1.45. The number of likely N-dealkylation sites (N-methyl/N-ethyl adjacent to an activating group) is 1. The van der Waals surface area contributed by atoms with Crippen LogP contribution in [0.2, 0.25) is 0 Å². The molecule has 1 heterocycles. The van der Waals surface area contributed by atoms with Crippen LogP contribution in [0.3, 0.4) is 0 Å². The minimum absolute atomic E-state index is 0.325. The van der Waals surface area contributed by atoms with E-state index in [0.29, 0.717) is 12.1 Å². The van der Waals surface area contributed by atoms with E-state index in [1.807, 2.05) is 7.05 Å². The summed E-state index contributed by atoms with van der Waals surface area (Å²) in [5.74, 6) is 0. The molecule has 0 radical (unpaired) electrons. The van der Waals surface area contributed by atoms with Crippen LogP contribution in [-0.2, 0) is 11.3 Å². The first-order chi connectivity index (χ1) is 8.63. The molecule has 0 bridgehead atoms. The highest BCUT2D eigenvalue weighted by Crippen LogP contribution is 2.27. The van der Waals surface area contributed by atoms with Crippen molar-refractivity contribution >= 4 is 5.69 Å². The molecule has 1 aliphatic rings. The van der Waals surface area contributed by atoms with E-state index in [0.717, 1.165) is 19.6 Å². The minimum Gasteiger partial charge on any atom is -0.376 e. The second kappa shape index (κ2) is 5.72. The van der Waals surface area contributed by atoms with Gasteiger partial charge in [0.15, 0.2) is 0 Å². The number of anilines is 1. The van der Waals surface area contributed by atoms with E-state index in [2.05, 4.69) is 49.3 Å². The fourth-order valence-corrected chi connectivity index (χ4v) is 2.84. The van der Waals surface area contributed by atoms with Gasteiger partial charge in [-0.1, -0.05) is 12.1 Å². The maximum absolute atomic E-state index is 5.66. The number of hydrogen-bond donors (Lipinski definition) is 1. The second-order valence-electron chi connectivity index (χ2n) is 5.19. The molecule has 2 atom stereocenters. The molecule has 2 rings (SSSR count). The lowest BCUT2D eigenvalue weighted by Crippen LogP contribution is -2.37. The van der Waals surface area contributed by atoms with Crippen molar-refractivity contribution in [3.8, 4) is 0 Å². The zero-order chi connectivity index (χ0) is 13.1. The Hall–Kier alpha value is -1.06. The second-order valence-corrected chi connectivity index (χ2v) is 5.19. The highest BCUT2D eigenvalue weighted by molar-refractivity contribution is 5.55. The molecule has 1 fully saturated rings. The van der Waals surface area contributed by atoms with Crippen LogP contribution in [0.1, 0.15) is 24.5 Å². The van der Waals surface area contributed by atoms with Crippen LogP contribution in [-0.4, -0.2) is 32.8 Å². The monoisotopic (exact) mass is 248 g/mol. The lowest BCUT2D eigenvalue weighted by molar-refractivity contribution is 0.118. The summed E-state index contributed by atoms with van der Waals surface area (Å²) in [5, 5.41) is 3.19. The minimum atomic E-state index is 0.325. The van der Waals surface area contributed by atoms with Gasteiger partial charge in [0.2, 0.25) is 0 Å². The van der Waals surface area contributed by atoms with E-state index < -0.39 is 0 Å². The van der Waals surface area contributed by atoms with Gasteiger partial charge in [-0.05, 0) is 44.5 Å². The number of nitrogens with zero attached hydrogens (tertiary/aromatic N) is 1. The Morgan fingerprint density at radius 1 is 1.44 bits per heavy atom. The van der Waals surface area contributed by atoms with Crippen molar-refractivity contribution < 1.29 is 4.74 Å². The largest absolute Gasteiger partial charge is 0.376 e. The highest BCUT2D eigenvalue weighted by Gasteiger charge is 2.28. The number of nitrogens with one attached hydrogen (secondary N) is 1. The van der Waals surface area contributed by atoms with Gasteiger partial charge in [-0.25, -0.2) is 0 Å². The predicted molar refractivity (Wildman–Crippen MR) is 76.2 cm³/mol. The molecule has 1 aromatic carbocycles. The molecule has 2 unspecified atom stereocenters. The van der Waals surface area contributed by atoms with Crippen molar-refractivity contribution in [2.45, 2.75) is 39.0 Å². The molecule has 0 spiro atoms. The third-order valence-corrected chi connectivity index (χ3v) is 3.86. The molecule has 0 aliphatic carbocycles. The van der Waals surface area contributed by atoms with Crippen molar-refractivity contribution in [2.75, 3.05) is 25.6 Å². The van der Waals surface area contributed by atoms with Crippen LogP contribution in [0, 0.1) is 6.92 Å². The van der Waals surface area contributed by atoms with Crippen LogP contribution in [0.4, 0.5) is 5.69 Å². The summed E-state index contributed by atoms with van der Waals surface area (Å²) in [7, 11) is 4.16. The van der Waals surface area contributed by atoms with Crippen LogP contribution in [0.5, 0.6) is 0 Å². The van der Waals surface area contributed by atoms with E-state index >= 15 is 0 Å². The zero-order valence-electron chi connectivity index (χ0n) is 11.9. The quantitative estimate of drug-likeness (QED) is 0.885. The van der Waals surface area contributed by atoms with Gasteiger partial charge in [0.1, 0.15) is 0 Å². The molecular formula is C15H24N2O. The zero-order valence-corrected chi connectivity index (χ0v) is 11.9. The number of benzene rings is 1. The van der Waals surface area contributed by atoms with Gasteiger partial charge >= 0.3 is 0 Å². The van der Waals surface area contributed by atoms with Gasteiger partial charge in [0.05, 0.1) is 12.1 Å². The summed E-state index contributed by atoms with van der Waals surface area (Å²) in [4.78, 5) is 2.37. The van der Waals surface area contributed by atoms with Crippen molar-refractivity contribution in [3.63, 3.8) is 0 Å². The summed E-state index contributed by atoms with van der Waals surface area (Å²) in [6.45, 7) is 6.16. The molecule has 1 aliphatic heterocycles. The van der Waals surface area contributed by atoms with E-state index in [9.17, 15) is 0 Å². The van der Waals surface area contributed by atoms with Crippen LogP contribution < -0.4 is 10.2 Å². The Morgan fingerprint density at radius 2 is 2.22 bits per heavy atom. The third kappa shape index (κ3) is 2.68. The van der Waals surface area contributed by atoms with Gasteiger partial charge in [-0.2, -0.15) is 0 Å². The number of ether oxygens (including phenoxy) is 1. The molecule has 0 amide bonds. The van der Waals surface area contributed by atoms with Crippen molar-refractivity contribution in [1.82, 2.24) is 5.32 Å². The molecule has 3 nitrogen and oxygen atoms in total. The lowest BCUT2D eigenvalue weighted by Gasteiger charge is -2.30. The molecule has 0 saturated carbocycles. The smallest absolute Gasteiger partial charge is 0.0750 e. The summed E-state index contributed by atoms with van der Waals surface area (Å²) >= 11 is 0. The van der Waals surface area contributed by atoms with Gasteiger partial charge in [0.25, 0.3) is 0 Å². The van der Waals surface area contributed by atoms with E-state index in [1.54, 1.807) is 0 Å². The average molecular weight is 248 g/mol. The SMILES string of the molecule is CNCc1ccc(N(C)C2CCOC2C)c(C)c1.